The van der Waals surface area contributed by atoms with Gasteiger partial charge in [-0.25, -0.2) is 0 Å². The first-order chi connectivity index (χ1) is 7.06. The first-order valence-electron chi connectivity index (χ1n) is 5.39. The van der Waals surface area contributed by atoms with Crippen LogP contribution in [0.1, 0.15) is 20.3 Å². The molecule has 0 aromatic rings. The lowest BCUT2D eigenvalue weighted by Gasteiger charge is -2.41. The Balaban J connectivity index is 2.61. The Hall–Kier alpha value is -0.770. The summed E-state index contributed by atoms with van der Waals surface area (Å²) in [5.74, 6) is 0.516. The standard InChI is InChI=1S/C10H20N4O/c1-7-8(2)15-9(6-12-13-11)5-10(7)14(3)4/h7-10H,5-6H2,1-4H3/t7-,8?,9-,10?/m0/s1. The second-order valence-corrected chi connectivity index (χ2v) is 4.50. The van der Waals surface area contributed by atoms with Crippen molar-refractivity contribution in [1.29, 1.82) is 0 Å². The third-order valence-corrected chi connectivity index (χ3v) is 3.27. The minimum atomic E-state index is 0.0690. The van der Waals surface area contributed by atoms with Crippen molar-refractivity contribution < 1.29 is 4.74 Å². The highest BCUT2D eigenvalue weighted by Gasteiger charge is 2.34. The molecule has 15 heavy (non-hydrogen) atoms. The summed E-state index contributed by atoms with van der Waals surface area (Å²) in [5.41, 5.74) is 8.28. The van der Waals surface area contributed by atoms with Crippen LogP contribution in [0.15, 0.2) is 5.11 Å². The topological polar surface area (TPSA) is 61.2 Å². The van der Waals surface area contributed by atoms with Crippen molar-refractivity contribution >= 4 is 0 Å². The Morgan fingerprint density at radius 3 is 2.67 bits per heavy atom. The van der Waals surface area contributed by atoms with Gasteiger partial charge in [-0.15, -0.1) is 0 Å². The molecule has 1 saturated heterocycles. The molecule has 0 N–H and O–H groups in total. The Kier molecular flexibility index (Phi) is 4.39. The molecule has 0 saturated carbocycles. The first kappa shape index (κ1) is 12.3. The van der Waals surface area contributed by atoms with Gasteiger partial charge < -0.3 is 9.64 Å². The van der Waals surface area contributed by atoms with Crippen molar-refractivity contribution in [2.45, 2.75) is 38.5 Å². The van der Waals surface area contributed by atoms with E-state index in [-0.39, 0.29) is 12.2 Å². The van der Waals surface area contributed by atoms with Crippen LogP contribution in [0.5, 0.6) is 0 Å². The molecule has 86 valence electrons. The molecule has 1 heterocycles. The summed E-state index contributed by atoms with van der Waals surface area (Å²) in [6.45, 7) is 4.74. The van der Waals surface area contributed by atoms with E-state index in [9.17, 15) is 0 Å². The van der Waals surface area contributed by atoms with Crippen LogP contribution in [0.2, 0.25) is 0 Å². The minimum Gasteiger partial charge on any atom is -0.375 e. The molecule has 1 rings (SSSR count). The van der Waals surface area contributed by atoms with Gasteiger partial charge in [0.15, 0.2) is 0 Å². The average Bonchev–Trinajstić information content (AvgIpc) is 2.19. The predicted molar refractivity (Wildman–Crippen MR) is 59.6 cm³/mol. The fourth-order valence-corrected chi connectivity index (χ4v) is 2.21. The van der Waals surface area contributed by atoms with Gasteiger partial charge >= 0.3 is 0 Å². The summed E-state index contributed by atoms with van der Waals surface area (Å²) in [7, 11) is 4.17. The van der Waals surface area contributed by atoms with Gasteiger partial charge in [0.1, 0.15) is 0 Å². The molecular formula is C10H20N4O. The normalized spacial score (nSPS) is 36.3. The molecule has 0 bridgehead atoms. The molecule has 5 heteroatoms. The van der Waals surface area contributed by atoms with Crippen LogP contribution >= 0.6 is 0 Å². The summed E-state index contributed by atoms with van der Waals surface area (Å²) >= 11 is 0. The van der Waals surface area contributed by atoms with Crippen molar-refractivity contribution in [3.8, 4) is 0 Å². The van der Waals surface area contributed by atoms with Gasteiger partial charge in [0.05, 0.1) is 18.8 Å². The minimum absolute atomic E-state index is 0.0690. The SMILES string of the molecule is CC1O[C@H](CN=[N+]=[N-])CC(N(C)C)[C@H]1C. The Labute approximate surface area is 91.0 Å². The monoisotopic (exact) mass is 212 g/mol. The lowest BCUT2D eigenvalue weighted by atomic mass is 9.88. The fourth-order valence-electron chi connectivity index (χ4n) is 2.21. The van der Waals surface area contributed by atoms with E-state index >= 15 is 0 Å². The number of rotatable bonds is 3. The lowest BCUT2D eigenvalue weighted by molar-refractivity contribution is -0.0956. The molecule has 2 unspecified atom stereocenters. The first-order valence-corrected chi connectivity index (χ1v) is 5.39. The smallest absolute Gasteiger partial charge is 0.0650 e. The lowest BCUT2D eigenvalue weighted by Crippen LogP contribution is -2.48. The van der Waals surface area contributed by atoms with Crippen molar-refractivity contribution in [3.63, 3.8) is 0 Å². The highest BCUT2D eigenvalue weighted by Crippen LogP contribution is 2.27. The van der Waals surface area contributed by atoms with Crippen LogP contribution in [-0.4, -0.2) is 43.8 Å². The van der Waals surface area contributed by atoms with E-state index in [0.29, 0.717) is 18.5 Å². The molecule has 5 nitrogen and oxygen atoms in total. The van der Waals surface area contributed by atoms with Gasteiger partial charge in [-0.2, -0.15) is 0 Å². The van der Waals surface area contributed by atoms with Gasteiger partial charge in [0.2, 0.25) is 0 Å². The predicted octanol–water partition coefficient (Wildman–Crippen LogP) is 2.04. The second-order valence-electron chi connectivity index (χ2n) is 4.50. The zero-order valence-corrected chi connectivity index (χ0v) is 9.92. The molecule has 0 aromatic heterocycles. The van der Waals surface area contributed by atoms with E-state index in [4.69, 9.17) is 10.3 Å². The van der Waals surface area contributed by atoms with E-state index in [0.717, 1.165) is 6.42 Å². The van der Waals surface area contributed by atoms with Crippen LogP contribution < -0.4 is 0 Å². The van der Waals surface area contributed by atoms with Gasteiger partial charge in [0.25, 0.3) is 0 Å². The fraction of sp³-hybridized carbons (Fsp3) is 1.00. The van der Waals surface area contributed by atoms with Crippen molar-refractivity contribution in [1.82, 2.24) is 4.90 Å². The molecule has 0 amide bonds. The zero-order valence-electron chi connectivity index (χ0n) is 9.92. The Morgan fingerprint density at radius 2 is 2.13 bits per heavy atom. The summed E-state index contributed by atoms with van der Waals surface area (Å²) in [5, 5.41) is 3.59. The quantitative estimate of drug-likeness (QED) is 0.408. The molecular weight excluding hydrogens is 192 g/mol. The molecule has 0 radical (unpaired) electrons. The maximum absolute atomic E-state index is 8.28. The Bertz CT molecular complexity index is 250. The van der Waals surface area contributed by atoms with Crippen molar-refractivity contribution in [3.05, 3.63) is 10.4 Å². The number of azide groups is 1. The summed E-state index contributed by atoms with van der Waals surface area (Å²) in [4.78, 5) is 5.00. The highest BCUT2D eigenvalue weighted by atomic mass is 16.5. The van der Waals surface area contributed by atoms with E-state index in [1.807, 2.05) is 0 Å². The highest BCUT2D eigenvalue weighted by molar-refractivity contribution is 4.86. The number of hydrogen-bond acceptors (Lipinski definition) is 3. The van der Waals surface area contributed by atoms with E-state index in [1.165, 1.54) is 0 Å². The van der Waals surface area contributed by atoms with E-state index in [1.54, 1.807) is 0 Å². The third-order valence-electron chi connectivity index (χ3n) is 3.27. The molecule has 0 spiro atoms. The summed E-state index contributed by atoms with van der Waals surface area (Å²) in [6, 6.07) is 0.507. The summed E-state index contributed by atoms with van der Waals surface area (Å²) in [6.07, 6.45) is 1.24. The zero-order chi connectivity index (χ0) is 11.4. The number of ether oxygens (including phenoxy) is 1. The maximum atomic E-state index is 8.28. The molecule has 0 aromatic carbocycles. The van der Waals surface area contributed by atoms with Crippen LogP contribution in [0.25, 0.3) is 10.4 Å². The van der Waals surface area contributed by atoms with Gasteiger partial charge in [-0.05, 0) is 38.9 Å². The average molecular weight is 212 g/mol. The van der Waals surface area contributed by atoms with E-state index in [2.05, 4.69) is 42.9 Å². The molecule has 1 fully saturated rings. The maximum Gasteiger partial charge on any atom is 0.0650 e. The van der Waals surface area contributed by atoms with Crippen molar-refractivity contribution in [2.75, 3.05) is 20.6 Å². The molecule has 1 aliphatic heterocycles. The van der Waals surface area contributed by atoms with Gasteiger partial charge in [-0.1, -0.05) is 12.0 Å². The number of hydrogen-bond donors (Lipinski definition) is 0. The molecule has 4 atom stereocenters. The molecule has 1 aliphatic rings. The number of nitrogens with zero attached hydrogens (tertiary/aromatic N) is 4. The van der Waals surface area contributed by atoms with Crippen molar-refractivity contribution in [2.24, 2.45) is 11.0 Å². The van der Waals surface area contributed by atoms with Gasteiger partial charge in [-0.3, -0.25) is 0 Å². The second kappa shape index (κ2) is 5.35. The summed E-state index contributed by atoms with van der Waals surface area (Å²) < 4.78 is 5.79. The largest absolute Gasteiger partial charge is 0.375 e. The van der Waals surface area contributed by atoms with Gasteiger partial charge in [0, 0.05) is 11.0 Å². The van der Waals surface area contributed by atoms with Crippen LogP contribution in [0.4, 0.5) is 0 Å². The van der Waals surface area contributed by atoms with Crippen LogP contribution in [-0.2, 0) is 4.74 Å². The van der Waals surface area contributed by atoms with E-state index < -0.39 is 0 Å². The molecule has 0 aliphatic carbocycles. The van der Waals surface area contributed by atoms with Crippen LogP contribution in [0.3, 0.4) is 0 Å². The van der Waals surface area contributed by atoms with Crippen LogP contribution in [0, 0.1) is 5.92 Å². The Morgan fingerprint density at radius 1 is 1.47 bits per heavy atom. The third kappa shape index (κ3) is 3.09.